The molecule has 0 saturated carbocycles. The number of hydrogen-bond donors (Lipinski definition) is 0. The molecule has 0 atom stereocenters. The van der Waals surface area contributed by atoms with Crippen LogP contribution >= 0.6 is 15.9 Å². The fraction of sp³-hybridized carbons (Fsp3) is 0.182. The normalized spacial score (nSPS) is 8.85. The van der Waals surface area contributed by atoms with Gasteiger partial charge < -0.3 is 0 Å². The molecule has 0 aliphatic heterocycles. The summed E-state index contributed by atoms with van der Waals surface area (Å²) in [4.78, 5) is 10.1. The summed E-state index contributed by atoms with van der Waals surface area (Å²) in [6, 6.07) is 3.98. The van der Waals surface area contributed by atoms with Crippen molar-refractivity contribution in [1.82, 2.24) is 0 Å². The summed E-state index contributed by atoms with van der Waals surface area (Å²) >= 11 is 3.40. The third-order valence-electron chi connectivity index (χ3n) is 1.75. The molecule has 0 spiro atoms. The first-order chi connectivity index (χ1) is 6.15. The Morgan fingerprint density at radius 3 is 2.31 bits per heavy atom. The lowest BCUT2D eigenvalue weighted by atomic mass is 10.0. The van der Waals surface area contributed by atoms with E-state index in [4.69, 9.17) is 0 Å². The topological polar surface area (TPSA) is 17.1 Å². The van der Waals surface area contributed by atoms with E-state index in [1.54, 1.807) is 0 Å². The van der Waals surface area contributed by atoms with Crippen molar-refractivity contribution >= 4 is 22.2 Å². The van der Waals surface area contributed by atoms with Crippen LogP contribution in [0.1, 0.15) is 16.7 Å². The van der Waals surface area contributed by atoms with Gasteiger partial charge in [0.05, 0.1) is 0 Å². The number of aldehydes is 1. The largest absolute Gasteiger partial charge is 0.289 e. The Morgan fingerprint density at radius 1 is 1.31 bits per heavy atom. The van der Waals surface area contributed by atoms with E-state index in [1.807, 2.05) is 26.0 Å². The SMILES string of the molecule is Cc1cc(Br)cc(C)c1C#CC=O. The minimum Gasteiger partial charge on any atom is -0.289 e. The predicted molar refractivity (Wildman–Crippen MR) is 56.6 cm³/mol. The number of hydrogen-bond acceptors (Lipinski definition) is 1. The van der Waals surface area contributed by atoms with Gasteiger partial charge in [-0.2, -0.15) is 0 Å². The second-order valence-electron chi connectivity index (χ2n) is 2.80. The van der Waals surface area contributed by atoms with Gasteiger partial charge in [-0.3, -0.25) is 4.79 Å². The predicted octanol–water partition coefficient (Wildman–Crippen LogP) is 2.62. The highest BCUT2D eigenvalue weighted by Crippen LogP contribution is 2.19. The average molecular weight is 237 g/mol. The van der Waals surface area contributed by atoms with Gasteiger partial charge in [-0.1, -0.05) is 21.9 Å². The number of carbonyl (C=O) groups excluding carboxylic acids is 1. The fourth-order valence-electron chi connectivity index (χ4n) is 1.21. The van der Waals surface area contributed by atoms with Gasteiger partial charge in [-0.15, -0.1) is 0 Å². The fourth-order valence-corrected chi connectivity index (χ4v) is 1.90. The Labute approximate surface area is 86.3 Å². The zero-order valence-corrected chi connectivity index (χ0v) is 9.10. The Kier molecular flexibility index (Phi) is 3.27. The Balaban J connectivity index is 3.28. The number of rotatable bonds is 0. The summed E-state index contributed by atoms with van der Waals surface area (Å²) in [5.41, 5.74) is 3.11. The summed E-state index contributed by atoms with van der Waals surface area (Å²) in [7, 11) is 0. The van der Waals surface area contributed by atoms with Crippen LogP contribution in [0.5, 0.6) is 0 Å². The third kappa shape index (κ3) is 2.43. The van der Waals surface area contributed by atoms with Gasteiger partial charge in [-0.05, 0) is 43.0 Å². The van der Waals surface area contributed by atoms with Crippen LogP contribution in [0, 0.1) is 25.7 Å². The lowest BCUT2D eigenvalue weighted by Crippen LogP contribution is -1.87. The van der Waals surface area contributed by atoms with Gasteiger partial charge >= 0.3 is 0 Å². The van der Waals surface area contributed by atoms with Crippen molar-refractivity contribution in [2.45, 2.75) is 13.8 Å². The van der Waals surface area contributed by atoms with Crippen LogP contribution in [0.2, 0.25) is 0 Å². The Bertz CT molecular complexity index is 373. The molecule has 1 aromatic carbocycles. The summed E-state index contributed by atoms with van der Waals surface area (Å²) < 4.78 is 1.04. The van der Waals surface area contributed by atoms with E-state index in [0.717, 1.165) is 21.2 Å². The lowest BCUT2D eigenvalue weighted by Gasteiger charge is -2.03. The average Bonchev–Trinajstić information content (AvgIpc) is 2.02. The van der Waals surface area contributed by atoms with Crippen LogP contribution in [-0.4, -0.2) is 6.29 Å². The van der Waals surface area contributed by atoms with E-state index in [0.29, 0.717) is 6.29 Å². The van der Waals surface area contributed by atoms with Crippen molar-refractivity contribution in [3.05, 3.63) is 33.3 Å². The number of benzene rings is 1. The summed E-state index contributed by atoms with van der Waals surface area (Å²) in [6.45, 7) is 3.96. The van der Waals surface area contributed by atoms with Crippen LogP contribution in [0.4, 0.5) is 0 Å². The van der Waals surface area contributed by atoms with Crippen molar-refractivity contribution in [2.24, 2.45) is 0 Å². The van der Waals surface area contributed by atoms with Crippen molar-refractivity contribution < 1.29 is 4.79 Å². The molecule has 0 saturated heterocycles. The maximum atomic E-state index is 10.1. The summed E-state index contributed by atoms with van der Waals surface area (Å²) in [5, 5.41) is 0. The van der Waals surface area contributed by atoms with Crippen LogP contribution < -0.4 is 0 Å². The highest BCUT2D eigenvalue weighted by atomic mass is 79.9. The van der Waals surface area contributed by atoms with E-state index in [9.17, 15) is 4.79 Å². The summed E-state index contributed by atoms with van der Waals surface area (Å²) in [5.74, 6) is 5.24. The highest BCUT2D eigenvalue weighted by molar-refractivity contribution is 9.10. The number of aryl methyl sites for hydroxylation is 2. The molecule has 0 N–H and O–H groups in total. The molecule has 66 valence electrons. The van der Waals surface area contributed by atoms with Crippen molar-refractivity contribution in [3.8, 4) is 11.8 Å². The quantitative estimate of drug-likeness (QED) is 0.500. The molecule has 1 nitrogen and oxygen atoms in total. The van der Waals surface area contributed by atoms with Crippen molar-refractivity contribution in [2.75, 3.05) is 0 Å². The second kappa shape index (κ2) is 4.25. The van der Waals surface area contributed by atoms with Gasteiger partial charge in [0.25, 0.3) is 0 Å². The molecule has 0 radical (unpaired) electrons. The van der Waals surface area contributed by atoms with Gasteiger partial charge in [0, 0.05) is 10.0 Å². The van der Waals surface area contributed by atoms with E-state index in [-0.39, 0.29) is 0 Å². The monoisotopic (exact) mass is 236 g/mol. The third-order valence-corrected chi connectivity index (χ3v) is 2.21. The molecular weight excluding hydrogens is 228 g/mol. The zero-order valence-electron chi connectivity index (χ0n) is 7.52. The molecule has 1 rings (SSSR count). The molecule has 0 heterocycles. The van der Waals surface area contributed by atoms with Crippen LogP contribution in [0.3, 0.4) is 0 Å². The molecule has 0 aromatic heterocycles. The minimum atomic E-state index is 0.612. The van der Waals surface area contributed by atoms with Crippen LogP contribution in [0.25, 0.3) is 0 Å². The Hall–Kier alpha value is -1.07. The van der Waals surface area contributed by atoms with Crippen LogP contribution in [0.15, 0.2) is 16.6 Å². The molecule has 2 heteroatoms. The van der Waals surface area contributed by atoms with Gasteiger partial charge in [0.15, 0.2) is 6.29 Å². The molecule has 0 fully saturated rings. The molecule has 0 amide bonds. The standard InChI is InChI=1S/C11H9BrO/c1-8-6-10(12)7-9(2)11(8)4-3-5-13/h5-7H,1-2H3. The van der Waals surface area contributed by atoms with Crippen LogP contribution in [-0.2, 0) is 4.79 Å². The van der Waals surface area contributed by atoms with Gasteiger partial charge in [0.1, 0.15) is 0 Å². The smallest absolute Gasteiger partial charge is 0.193 e. The second-order valence-corrected chi connectivity index (χ2v) is 3.72. The maximum absolute atomic E-state index is 10.1. The first-order valence-electron chi connectivity index (χ1n) is 3.87. The van der Waals surface area contributed by atoms with E-state index >= 15 is 0 Å². The van der Waals surface area contributed by atoms with Gasteiger partial charge in [-0.25, -0.2) is 0 Å². The molecule has 1 aromatic rings. The van der Waals surface area contributed by atoms with E-state index < -0.39 is 0 Å². The minimum absolute atomic E-state index is 0.612. The Morgan fingerprint density at radius 2 is 1.85 bits per heavy atom. The van der Waals surface area contributed by atoms with Crippen molar-refractivity contribution in [3.63, 3.8) is 0 Å². The van der Waals surface area contributed by atoms with Crippen molar-refractivity contribution in [1.29, 1.82) is 0 Å². The number of halogens is 1. The molecule has 13 heavy (non-hydrogen) atoms. The number of carbonyl (C=O) groups is 1. The molecule has 0 unspecified atom stereocenters. The molecular formula is C11H9BrO. The van der Waals surface area contributed by atoms with E-state index in [1.165, 1.54) is 0 Å². The first-order valence-corrected chi connectivity index (χ1v) is 4.66. The molecule has 0 aliphatic carbocycles. The van der Waals surface area contributed by atoms with Gasteiger partial charge in [0.2, 0.25) is 0 Å². The highest BCUT2D eigenvalue weighted by Gasteiger charge is 2.00. The summed E-state index contributed by atoms with van der Waals surface area (Å²) in [6.07, 6.45) is 0.612. The molecule has 0 aliphatic rings. The van der Waals surface area contributed by atoms with E-state index in [2.05, 4.69) is 27.8 Å². The first kappa shape index (κ1) is 10.0. The zero-order chi connectivity index (χ0) is 9.84. The lowest BCUT2D eigenvalue weighted by molar-refractivity contribution is -0.103. The maximum Gasteiger partial charge on any atom is 0.193 e. The molecule has 0 bridgehead atoms.